The first-order chi connectivity index (χ1) is 8.63. The monoisotopic (exact) mass is 242 g/mol. The fraction of sp³-hybridized carbons (Fsp3) is 0.0833. The number of benzene rings is 1. The van der Waals surface area contributed by atoms with E-state index in [9.17, 15) is 9.90 Å². The molecular formula is C12H10N4O2. The molecule has 2 rings (SSSR count). The molecule has 1 amide bonds. The van der Waals surface area contributed by atoms with Crippen molar-refractivity contribution in [1.82, 2.24) is 10.2 Å². The Bertz CT molecular complexity index is 640. The molecule has 3 N–H and O–H groups in total. The highest BCUT2D eigenvalue weighted by Gasteiger charge is 2.15. The van der Waals surface area contributed by atoms with Crippen LogP contribution in [0.2, 0.25) is 0 Å². The molecule has 0 unspecified atom stereocenters. The van der Waals surface area contributed by atoms with E-state index < -0.39 is 5.91 Å². The topological polar surface area (TPSA) is 102 Å². The molecule has 0 fully saturated rings. The smallest absolute Gasteiger partial charge is 0.260 e. The Balaban J connectivity index is 2.28. The van der Waals surface area contributed by atoms with Gasteiger partial charge in [0.05, 0.1) is 11.3 Å². The number of anilines is 1. The van der Waals surface area contributed by atoms with Crippen molar-refractivity contribution in [2.24, 2.45) is 0 Å². The van der Waals surface area contributed by atoms with E-state index in [0.717, 1.165) is 0 Å². The summed E-state index contributed by atoms with van der Waals surface area (Å²) < 4.78 is 0. The molecular weight excluding hydrogens is 232 g/mol. The van der Waals surface area contributed by atoms with Gasteiger partial charge in [-0.15, -0.1) is 0 Å². The van der Waals surface area contributed by atoms with Crippen LogP contribution in [0.1, 0.15) is 21.6 Å². The van der Waals surface area contributed by atoms with E-state index in [2.05, 4.69) is 15.5 Å². The predicted molar refractivity (Wildman–Crippen MR) is 64.1 cm³/mol. The molecule has 2 aromatic rings. The van der Waals surface area contributed by atoms with E-state index in [0.29, 0.717) is 5.69 Å². The van der Waals surface area contributed by atoms with Crippen molar-refractivity contribution >= 4 is 11.7 Å². The second-order valence-corrected chi connectivity index (χ2v) is 3.66. The number of carbonyl (C=O) groups excluding carboxylic acids is 1. The van der Waals surface area contributed by atoms with Gasteiger partial charge >= 0.3 is 0 Å². The summed E-state index contributed by atoms with van der Waals surface area (Å²) in [5.74, 6) is -0.486. The lowest BCUT2D eigenvalue weighted by molar-refractivity contribution is 0.102. The highest BCUT2D eigenvalue weighted by Crippen LogP contribution is 2.19. The molecule has 0 spiro atoms. The van der Waals surface area contributed by atoms with E-state index in [-0.39, 0.29) is 22.7 Å². The molecule has 1 aromatic heterocycles. The quantitative estimate of drug-likeness (QED) is 0.743. The fourth-order valence-corrected chi connectivity index (χ4v) is 1.50. The number of amides is 1. The van der Waals surface area contributed by atoms with Gasteiger partial charge in [0.15, 0.2) is 5.82 Å². The van der Waals surface area contributed by atoms with Crippen LogP contribution >= 0.6 is 0 Å². The Labute approximate surface area is 103 Å². The number of phenolic OH excluding ortho intramolecular Hbond substituents is 1. The third kappa shape index (κ3) is 2.01. The van der Waals surface area contributed by atoms with Gasteiger partial charge in [-0.1, -0.05) is 12.1 Å². The fourth-order valence-electron chi connectivity index (χ4n) is 1.50. The molecule has 0 atom stereocenters. The largest absolute Gasteiger partial charge is 0.507 e. The number of aromatic amines is 1. The number of H-pyrrole nitrogens is 1. The molecule has 18 heavy (non-hydrogen) atoms. The van der Waals surface area contributed by atoms with Gasteiger partial charge in [0.1, 0.15) is 17.4 Å². The predicted octanol–water partition coefficient (Wildman–Crippen LogP) is 1.55. The van der Waals surface area contributed by atoms with Crippen LogP contribution in [0, 0.1) is 18.3 Å². The standard InChI is InChI=1S/C12H10N4O2/c1-7-9(6-13)11(16-15-7)14-12(18)8-4-2-3-5-10(8)17/h2-5,17H,1H3,(H2,14,15,16,18). The maximum atomic E-state index is 11.9. The lowest BCUT2D eigenvalue weighted by Gasteiger charge is -2.04. The van der Waals surface area contributed by atoms with Crippen molar-refractivity contribution in [3.63, 3.8) is 0 Å². The maximum absolute atomic E-state index is 11.9. The number of nitrogens with one attached hydrogen (secondary N) is 2. The second-order valence-electron chi connectivity index (χ2n) is 3.66. The van der Waals surface area contributed by atoms with Gasteiger partial charge in [0.2, 0.25) is 0 Å². The summed E-state index contributed by atoms with van der Waals surface area (Å²) in [7, 11) is 0. The van der Waals surface area contributed by atoms with Gasteiger partial charge < -0.3 is 10.4 Å². The molecule has 0 bridgehead atoms. The van der Waals surface area contributed by atoms with Crippen molar-refractivity contribution in [3.05, 3.63) is 41.1 Å². The number of aryl methyl sites for hydroxylation is 1. The summed E-state index contributed by atoms with van der Waals surface area (Å²) in [5.41, 5.74) is 0.978. The summed E-state index contributed by atoms with van der Waals surface area (Å²) in [6, 6.07) is 8.09. The third-order valence-electron chi connectivity index (χ3n) is 2.44. The summed E-state index contributed by atoms with van der Waals surface area (Å²) >= 11 is 0. The van der Waals surface area contributed by atoms with Gasteiger partial charge in [-0.05, 0) is 19.1 Å². The van der Waals surface area contributed by atoms with Crippen LogP contribution < -0.4 is 5.32 Å². The van der Waals surface area contributed by atoms with E-state index >= 15 is 0 Å². The van der Waals surface area contributed by atoms with E-state index in [1.54, 1.807) is 19.1 Å². The van der Waals surface area contributed by atoms with Crippen molar-refractivity contribution in [1.29, 1.82) is 5.26 Å². The van der Waals surface area contributed by atoms with Crippen LogP contribution in [0.25, 0.3) is 0 Å². The Morgan fingerprint density at radius 1 is 1.50 bits per heavy atom. The normalized spacial score (nSPS) is 9.78. The molecule has 0 aliphatic heterocycles. The number of aromatic hydroxyl groups is 1. The van der Waals surface area contributed by atoms with E-state index in [1.807, 2.05) is 6.07 Å². The summed E-state index contributed by atoms with van der Waals surface area (Å²) in [6.07, 6.45) is 0. The minimum atomic E-state index is -0.517. The molecule has 0 saturated carbocycles. The number of hydrogen-bond acceptors (Lipinski definition) is 4. The summed E-state index contributed by atoms with van der Waals surface area (Å²) in [6.45, 7) is 1.68. The van der Waals surface area contributed by atoms with E-state index in [1.165, 1.54) is 12.1 Å². The molecule has 0 radical (unpaired) electrons. The molecule has 1 aromatic carbocycles. The van der Waals surface area contributed by atoms with Crippen LogP contribution in [0.4, 0.5) is 5.82 Å². The van der Waals surface area contributed by atoms with Crippen LogP contribution in [0.5, 0.6) is 5.75 Å². The van der Waals surface area contributed by atoms with Crippen molar-refractivity contribution < 1.29 is 9.90 Å². The zero-order valence-corrected chi connectivity index (χ0v) is 9.56. The molecule has 1 heterocycles. The average molecular weight is 242 g/mol. The number of phenols is 1. The molecule has 0 saturated heterocycles. The molecule has 90 valence electrons. The highest BCUT2D eigenvalue weighted by atomic mass is 16.3. The summed E-state index contributed by atoms with van der Waals surface area (Å²) in [4.78, 5) is 11.9. The van der Waals surface area contributed by atoms with Crippen LogP contribution in [-0.4, -0.2) is 21.2 Å². The number of carbonyl (C=O) groups is 1. The second kappa shape index (κ2) is 4.59. The number of nitriles is 1. The number of para-hydroxylation sites is 1. The Morgan fingerprint density at radius 2 is 2.22 bits per heavy atom. The van der Waals surface area contributed by atoms with Crippen molar-refractivity contribution in [2.45, 2.75) is 6.92 Å². The van der Waals surface area contributed by atoms with Gasteiger partial charge in [-0.2, -0.15) is 10.4 Å². The minimum absolute atomic E-state index is 0.124. The van der Waals surface area contributed by atoms with Crippen molar-refractivity contribution in [3.8, 4) is 11.8 Å². The van der Waals surface area contributed by atoms with E-state index in [4.69, 9.17) is 5.26 Å². The first-order valence-corrected chi connectivity index (χ1v) is 5.18. The lowest BCUT2D eigenvalue weighted by atomic mass is 10.2. The first kappa shape index (κ1) is 11.7. The van der Waals surface area contributed by atoms with Gasteiger partial charge in [-0.3, -0.25) is 9.89 Å². The Kier molecular flexibility index (Phi) is 2.98. The van der Waals surface area contributed by atoms with Crippen LogP contribution in [0.15, 0.2) is 24.3 Å². The van der Waals surface area contributed by atoms with Gasteiger partial charge in [0, 0.05) is 0 Å². The number of rotatable bonds is 2. The molecule has 6 heteroatoms. The molecule has 0 aliphatic carbocycles. The SMILES string of the molecule is Cc1[nH]nc(NC(=O)c2ccccc2O)c1C#N. The number of nitrogens with zero attached hydrogens (tertiary/aromatic N) is 2. The first-order valence-electron chi connectivity index (χ1n) is 5.18. The minimum Gasteiger partial charge on any atom is -0.507 e. The van der Waals surface area contributed by atoms with Crippen molar-refractivity contribution in [2.75, 3.05) is 5.32 Å². The van der Waals surface area contributed by atoms with Crippen LogP contribution in [0.3, 0.4) is 0 Å². The third-order valence-corrected chi connectivity index (χ3v) is 2.44. The Hall–Kier alpha value is -2.81. The zero-order chi connectivity index (χ0) is 13.1. The maximum Gasteiger partial charge on any atom is 0.260 e. The summed E-state index contributed by atoms with van der Waals surface area (Å²) in [5, 5.41) is 27.4. The zero-order valence-electron chi connectivity index (χ0n) is 9.56. The average Bonchev–Trinajstić information content (AvgIpc) is 2.70. The van der Waals surface area contributed by atoms with Gasteiger partial charge in [-0.25, -0.2) is 0 Å². The van der Waals surface area contributed by atoms with Gasteiger partial charge in [0.25, 0.3) is 5.91 Å². The Morgan fingerprint density at radius 3 is 2.89 bits per heavy atom. The lowest BCUT2D eigenvalue weighted by Crippen LogP contribution is -2.13. The molecule has 0 aliphatic rings. The number of hydrogen-bond donors (Lipinski definition) is 3. The molecule has 6 nitrogen and oxygen atoms in total. The number of aromatic nitrogens is 2. The van der Waals surface area contributed by atoms with Crippen LogP contribution in [-0.2, 0) is 0 Å². The highest BCUT2D eigenvalue weighted by molar-refractivity contribution is 6.06.